The molecule has 1 N–H and O–H groups in total. The van der Waals surface area contributed by atoms with E-state index in [1.807, 2.05) is 6.92 Å². The number of aryl methyl sites for hydroxylation is 1. The number of nitrogens with one attached hydrogen (secondary N) is 1. The lowest BCUT2D eigenvalue weighted by atomic mass is 10.4. The van der Waals surface area contributed by atoms with Gasteiger partial charge in [-0.15, -0.1) is 0 Å². The zero-order chi connectivity index (χ0) is 12.9. The number of carbonyl (C=O) groups excluding carboxylic acids is 1. The van der Waals surface area contributed by atoms with Gasteiger partial charge in [0.1, 0.15) is 21.4 Å². The fourth-order valence-electron chi connectivity index (χ4n) is 1.12. The van der Waals surface area contributed by atoms with E-state index >= 15 is 0 Å². The first kappa shape index (κ1) is 13.5. The Balaban J connectivity index is 2.37. The van der Waals surface area contributed by atoms with E-state index in [9.17, 15) is 13.2 Å². The summed E-state index contributed by atoms with van der Waals surface area (Å²) in [5.74, 6) is 0.942. The van der Waals surface area contributed by atoms with Crippen LogP contribution in [0.2, 0.25) is 0 Å². The molecule has 5 nitrogen and oxygen atoms in total. The maximum absolute atomic E-state index is 11.3. The fourth-order valence-corrected chi connectivity index (χ4v) is 1.59. The highest BCUT2D eigenvalue weighted by atomic mass is 32.2. The second-order valence-electron chi connectivity index (χ2n) is 3.70. The van der Waals surface area contributed by atoms with Gasteiger partial charge in [-0.05, 0) is 25.1 Å². The number of amides is 1. The Labute approximate surface area is 100 Å². The van der Waals surface area contributed by atoms with Crippen molar-refractivity contribution in [1.29, 1.82) is 0 Å². The first-order chi connectivity index (χ1) is 7.87. The van der Waals surface area contributed by atoms with Gasteiger partial charge in [0.2, 0.25) is 5.91 Å². The molecule has 0 aliphatic carbocycles. The van der Waals surface area contributed by atoms with Gasteiger partial charge in [0.25, 0.3) is 0 Å². The lowest BCUT2D eigenvalue weighted by Crippen LogP contribution is -2.27. The van der Waals surface area contributed by atoms with E-state index in [1.165, 1.54) is 12.2 Å². The van der Waals surface area contributed by atoms with Crippen molar-refractivity contribution in [3.8, 4) is 0 Å². The number of carbonyl (C=O) groups is 1. The molecule has 1 aromatic rings. The zero-order valence-electron chi connectivity index (χ0n) is 9.76. The Hall–Kier alpha value is -1.56. The first-order valence-electron chi connectivity index (χ1n) is 5.07. The van der Waals surface area contributed by atoms with Crippen LogP contribution in [0.5, 0.6) is 0 Å². The monoisotopic (exact) mass is 257 g/mol. The molecular weight excluding hydrogens is 242 g/mol. The lowest BCUT2D eigenvalue weighted by Gasteiger charge is -1.99. The van der Waals surface area contributed by atoms with E-state index in [1.54, 1.807) is 12.1 Å². The summed E-state index contributed by atoms with van der Waals surface area (Å²) in [5, 5.41) is 2.47. The topological polar surface area (TPSA) is 76.4 Å². The molecule has 0 spiro atoms. The van der Waals surface area contributed by atoms with Crippen molar-refractivity contribution in [2.24, 2.45) is 0 Å². The summed E-state index contributed by atoms with van der Waals surface area (Å²) >= 11 is 0. The highest BCUT2D eigenvalue weighted by Gasteiger charge is 2.02. The Kier molecular flexibility index (Phi) is 4.51. The molecule has 94 valence electrons. The van der Waals surface area contributed by atoms with Gasteiger partial charge in [0.15, 0.2) is 0 Å². The maximum atomic E-state index is 11.3. The summed E-state index contributed by atoms with van der Waals surface area (Å²) in [6.45, 7) is 1.92. The van der Waals surface area contributed by atoms with Gasteiger partial charge < -0.3 is 9.73 Å². The zero-order valence-corrected chi connectivity index (χ0v) is 10.6. The molecule has 0 saturated heterocycles. The van der Waals surface area contributed by atoms with E-state index in [0.717, 1.165) is 12.0 Å². The average molecular weight is 257 g/mol. The van der Waals surface area contributed by atoms with Crippen LogP contribution >= 0.6 is 0 Å². The van der Waals surface area contributed by atoms with E-state index in [4.69, 9.17) is 4.42 Å². The third-order valence-electron chi connectivity index (χ3n) is 1.93. The minimum Gasteiger partial charge on any atom is -0.462 e. The third kappa shape index (κ3) is 5.91. The van der Waals surface area contributed by atoms with E-state index in [0.29, 0.717) is 5.76 Å². The minimum atomic E-state index is -3.04. The normalized spacial score (nSPS) is 11.9. The number of rotatable bonds is 5. The molecule has 0 saturated carbocycles. The van der Waals surface area contributed by atoms with Crippen LogP contribution in [0.4, 0.5) is 0 Å². The molecule has 17 heavy (non-hydrogen) atoms. The molecular formula is C11H15NO4S. The molecule has 0 fully saturated rings. The summed E-state index contributed by atoms with van der Waals surface area (Å²) in [6, 6.07) is 3.54. The van der Waals surface area contributed by atoms with Crippen molar-refractivity contribution in [2.45, 2.75) is 6.92 Å². The van der Waals surface area contributed by atoms with Crippen LogP contribution < -0.4 is 5.32 Å². The number of sulfone groups is 1. The van der Waals surface area contributed by atoms with Gasteiger partial charge >= 0.3 is 0 Å². The molecule has 0 atom stereocenters. The largest absolute Gasteiger partial charge is 0.462 e. The van der Waals surface area contributed by atoms with Crippen LogP contribution in [0, 0.1) is 6.92 Å². The second-order valence-corrected chi connectivity index (χ2v) is 5.96. The van der Waals surface area contributed by atoms with Crippen molar-refractivity contribution in [3.63, 3.8) is 0 Å². The third-order valence-corrected chi connectivity index (χ3v) is 2.88. The fraction of sp³-hybridized carbons (Fsp3) is 0.364. The molecule has 1 heterocycles. The SMILES string of the molecule is Cc1ccc(C=CC(=O)NCCS(C)(=O)=O)o1. The van der Waals surface area contributed by atoms with Crippen molar-refractivity contribution in [2.75, 3.05) is 18.6 Å². The second kappa shape index (κ2) is 5.67. The van der Waals surface area contributed by atoms with Gasteiger partial charge in [0.05, 0.1) is 5.75 Å². The standard InChI is InChI=1S/C11H15NO4S/c1-9-3-4-10(16-9)5-6-11(13)12-7-8-17(2,14)15/h3-6H,7-8H2,1-2H3,(H,12,13). The average Bonchev–Trinajstić information content (AvgIpc) is 2.59. The minimum absolute atomic E-state index is 0.0631. The van der Waals surface area contributed by atoms with Gasteiger partial charge in [-0.3, -0.25) is 4.79 Å². The molecule has 0 aliphatic rings. The van der Waals surface area contributed by atoms with E-state index < -0.39 is 9.84 Å². The quantitative estimate of drug-likeness (QED) is 0.790. The molecule has 0 bridgehead atoms. The van der Waals surface area contributed by atoms with Crippen LogP contribution in [0.25, 0.3) is 6.08 Å². The first-order valence-corrected chi connectivity index (χ1v) is 7.13. The smallest absolute Gasteiger partial charge is 0.244 e. The number of furan rings is 1. The van der Waals surface area contributed by atoms with Crippen LogP contribution in [-0.4, -0.2) is 32.9 Å². The highest BCUT2D eigenvalue weighted by Crippen LogP contribution is 2.07. The molecule has 0 aromatic carbocycles. The summed E-state index contributed by atoms with van der Waals surface area (Å²) in [6.07, 6.45) is 3.96. The molecule has 6 heteroatoms. The van der Waals surface area contributed by atoms with Gasteiger partial charge in [-0.25, -0.2) is 8.42 Å². The Bertz CT molecular complexity index is 513. The van der Waals surface area contributed by atoms with Crippen LogP contribution in [0.15, 0.2) is 22.6 Å². The predicted molar refractivity (Wildman–Crippen MR) is 65.2 cm³/mol. The van der Waals surface area contributed by atoms with Crippen molar-refractivity contribution in [1.82, 2.24) is 5.32 Å². The maximum Gasteiger partial charge on any atom is 0.244 e. The Morgan fingerprint density at radius 3 is 2.71 bits per heavy atom. The van der Waals surface area contributed by atoms with Gasteiger partial charge in [0, 0.05) is 18.9 Å². The van der Waals surface area contributed by atoms with E-state index in [2.05, 4.69) is 5.32 Å². The van der Waals surface area contributed by atoms with Crippen LogP contribution in [0.3, 0.4) is 0 Å². The Morgan fingerprint density at radius 2 is 2.18 bits per heavy atom. The number of hydrogen-bond acceptors (Lipinski definition) is 4. The lowest BCUT2D eigenvalue weighted by molar-refractivity contribution is -0.116. The molecule has 1 aromatic heterocycles. The van der Waals surface area contributed by atoms with Crippen molar-refractivity contribution < 1.29 is 17.6 Å². The van der Waals surface area contributed by atoms with Crippen molar-refractivity contribution in [3.05, 3.63) is 29.7 Å². The summed E-state index contributed by atoms with van der Waals surface area (Å²) < 4.78 is 26.9. The summed E-state index contributed by atoms with van der Waals surface area (Å²) in [5.41, 5.74) is 0. The van der Waals surface area contributed by atoms with Crippen LogP contribution in [-0.2, 0) is 14.6 Å². The summed E-state index contributed by atoms with van der Waals surface area (Å²) in [4.78, 5) is 11.3. The molecule has 0 radical (unpaired) electrons. The number of hydrogen-bond donors (Lipinski definition) is 1. The molecule has 1 rings (SSSR count). The summed E-state index contributed by atoms with van der Waals surface area (Å²) in [7, 11) is -3.04. The van der Waals surface area contributed by atoms with Gasteiger partial charge in [-0.1, -0.05) is 0 Å². The predicted octanol–water partition coefficient (Wildman–Crippen LogP) is 0.762. The Morgan fingerprint density at radius 1 is 1.47 bits per heavy atom. The van der Waals surface area contributed by atoms with Crippen molar-refractivity contribution >= 4 is 21.8 Å². The van der Waals surface area contributed by atoms with Crippen LogP contribution in [0.1, 0.15) is 11.5 Å². The molecule has 0 unspecified atom stereocenters. The van der Waals surface area contributed by atoms with Gasteiger partial charge in [-0.2, -0.15) is 0 Å². The molecule has 0 aliphatic heterocycles. The molecule has 1 amide bonds. The van der Waals surface area contributed by atoms with E-state index in [-0.39, 0.29) is 18.2 Å². The highest BCUT2D eigenvalue weighted by molar-refractivity contribution is 7.90.